The van der Waals surface area contributed by atoms with Gasteiger partial charge in [-0.15, -0.1) is 5.10 Å². The predicted molar refractivity (Wildman–Crippen MR) is 64.1 cm³/mol. The number of aromatic nitrogens is 2. The van der Waals surface area contributed by atoms with Crippen LogP contribution in [-0.4, -0.2) is 15.1 Å². The van der Waals surface area contributed by atoms with E-state index in [2.05, 4.69) is 10.2 Å². The Labute approximate surface area is 106 Å². The van der Waals surface area contributed by atoms with Gasteiger partial charge in [0.15, 0.2) is 5.15 Å². The van der Waals surface area contributed by atoms with Crippen LogP contribution in [0.25, 0.3) is 11.1 Å². The van der Waals surface area contributed by atoms with E-state index in [-0.39, 0.29) is 10.8 Å². The van der Waals surface area contributed by atoms with Gasteiger partial charge < -0.3 is 0 Å². The summed E-state index contributed by atoms with van der Waals surface area (Å²) in [5.41, 5.74) is 0.933. The standard InChI is InChI=1S/C10H5Cl2N3O2/c11-8-5-13-14-10(12)9(8)6-2-1-3-7(4-6)15(16)17/h1-5H. The van der Waals surface area contributed by atoms with Gasteiger partial charge in [0.05, 0.1) is 16.1 Å². The summed E-state index contributed by atoms with van der Waals surface area (Å²) in [6, 6.07) is 6.00. The molecule has 0 aliphatic rings. The third-order valence-corrected chi connectivity index (χ3v) is 2.66. The van der Waals surface area contributed by atoms with E-state index in [0.29, 0.717) is 16.1 Å². The number of non-ortho nitro benzene ring substituents is 1. The molecule has 0 saturated carbocycles. The van der Waals surface area contributed by atoms with E-state index in [1.54, 1.807) is 12.1 Å². The molecule has 2 rings (SSSR count). The molecule has 1 heterocycles. The SMILES string of the molecule is O=[N+]([O-])c1cccc(-c2c(Cl)cnnc2Cl)c1. The molecule has 0 N–H and O–H groups in total. The van der Waals surface area contributed by atoms with Crippen LogP contribution >= 0.6 is 23.2 Å². The molecule has 0 spiro atoms. The Morgan fingerprint density at radius 1 is 1.29 bits per heavy atom. The molecule has 1 aromatic heterocycles. The second kappa shape index (κ2) is 4.65. The van der Waals surface area contributed by atoms with Gasteiger partial charge in [-0.05, 0) is 5.56 Å². The molecular weight excluding hydrogens is 265 g/mol. The molecular formula is C10H5Cl2N3O2. The Kier molecular flexibility index (Phi) is 3.21. The molecule has 17 heavy (non-hydrogen) atoms. The molecule has 0 bridgehead atoms. The minimum Gasteiger partial charge on any atom is -0.258 e. The lowest BCUT2D eigenvalue weighted by Crippen LogP contribution is -1.91. The van der Waals surface area contributed by atoms with Crippen molar-refractivity contribution >= 4 is 28.9 Å². The smallest absolute Gasteiger partial charge is 0.258 e. The molecule has 0 unspecified atom stereocenters. The zero-order valence-corrected chi connectivity index (χ0v) is 9.81. The summed E-state index contributed by atoms with van der Waals surface area (Å²) >= 11 is 11.8. The summed E-state index contributed by atoms with van der Waals surface area (Å²) in [6.07, 6.45) is 1.33. The molecule has 0 radical (unpaired) electrons. The van der Waals surface area contributed by atoms with Crippen molar-refractivity contribution in [3.8, 4) is 11.1 Å². The molecule has 0 saturated heterocycles. The lowest BCUT2D eigenvalue weighted by molar-refractivity contribution is -0.384. The van der Waals surface area contributed by atoms with Crippen molar-refractivity contribution in [1.29, 1.82) is 0 Å². The summed E-state index contributed by atoms with van der Waals surface area (Å²) in [5.74, 6) is 0. The molecule has 0 atom stereocenters. The summed E-state index contributed by atoms with van der Waals surface area (Å²) in [7, 11) is 0. The number of nitro groups is 1. The van der Waals surface area contributed by atoms with Crippen LogP contribution in [0.15, 0.2) is 30.5 Å². The number of nitro benzene ring substituents is 1. The van der Waals surface area contributed by atoms with Gasteiger partial charge in [0.1, 0.15) is 0 Å². The molecule has 0 aliphatic carbocycles. The van der Waals surface area contributed by atoms with Gasteiger partial charge in [-0.2, -0.15) is 5.10 Å². The lowest BCUT2D eigenvalue weighted by atomic mass is 10.1. The maximum Gasteiger partial charge on any atom is 0.270 e. The summed E-state index contributed by atoms with van der Waals surface area (Å²) in [6.45, 7) is 0. The molecule has 0 fully saturated rings. The van der Waals surface area contributed by atoms with Crippen LogP contribution in [0.5, 0.6) is 0 Å². The Morgan fingerprint density at radius 2 is 2.06 bits per heavy atom. The zero-order chi connectivity index (χ0) is 12.4. The van der Waals surface area contributed by atoms with Crippen molar-refractivity contribution < 1.29 is 4.92 Å². The third-order valence-electron chi connectivity index (χ3n) is 2.11. The van der Waals surface area contributed by atoms with Crippen LogP contribution in [-0.2, 0) is 0 Å². The normalized spacial score (nSPS) is 10.2. The molecule has 5 nitrogen and oxygen atoms in total. The minimum atomic E-state index is -0.486. The van der Waals surface area contributed by atoms with Crippen molar-refractivity contribution in [3.63, 3.8) is 0 Å². The fourth-order valence-corrected chi connectivity index (χ4v) is 1.92. The van der Waals surface area contributed by atoms with E-state index in [4.69, 9.17) is 23.2 Å². The van der Waals surface area contributed by atoms with Gasteiger partial charge in [0.25, 0.3) is 5.69 Å². The first-order chi connectivity index (χ1) is 8.09. The maximum absolute atomic E-state index is 10.7. The Morgan fingerprint density at radius 3 is 2.71 bits per heavy atom. The highest BCUT2D eigenvalue weighted by Crippen LogP contribution is 2.33. The highest BCUT2D eigenvalue weighted by Gasteiger charge is 2.13. The zero-order valence-electron chi connectivity index (χ0n) is 8.30. The predicted octanol–water partition coefficient (Wildman–Crippen LogP) is 3.36. The van der Waals surface area contributed by atoms with Gasteiger partial charge in [-0.25, -0.2) is 0 Å². The van der Waals surface area contributed by atoms with Crippen LogP contribution in [0.1, 0.15) is 0 Å². The van der Waals surface area contributed by atoms with Crippen molar-refractivity contribution in [1.82, 2.24) is 10.2 Å². The van der Waals surface area contributed by atoms with Gasteiger partial charge in [0, 0.05) is 17.7 Å². The summed E-state index contributed by atoms with van der Waals surface area (Å²) in [4.78, 5) is 10.2. The number of rotatable bonds is 2. The third kappa shape index (κ3) is 2.35. The van der Waals surface area contributed by atoms with E-state index in [1.165, 1.54) is 18.3 Å². The molecule has 7 heteroatoms. The molecule has 0 amide bonds. The fourth-order valence-electron chi connectivity index (χ4n) is 1.38. The minimum absolute atomic E-state index is 0.0357. The van der Waals surface area contributed by atoms with Crippen molar-refractivity contribution in [2.45, 2.75) is 0 Å². The second-order valence-electron chi connectivity index (χ2n) is 3.17. The number of nitrogens with zero attached hydrogens (tertiary/aromatic N) is 3. The van der Waals surface area contributed by atoms with Crippen molar-refractivity contribution in [2.24, 2.45) is 0 Å². The first-order valence-corrected chi connectivity index (χ1v) is 5.26. The van der Waals surface area contributed by atoms with Gasteiger partial charge in [-0.1, -0.05) is 35.3 Å². The molecule has 86 valence electrons. The second-order valence-corrected chi connectivity index (χ2v) is 3.93. The van der Waals surface area contributed by atoms with E-state index in [9.17, 15) is 10.1 Å². The molecule has 1 aromatic carbocycles. The van der Waals surface area contributed by atoms with Gasteiger partial charge in [-0.3, -0.25) is 10.1 Å². The molecule has 2 aromatic rings. The van der Waals surface area contributed by atoms with E-state index in [1.807, 2.05) is 0 Å². The lowest BCUT2D eigenvalue weighted by Gasteiger charge is -2.04. The van der Waals surface area contributed by atoms with Crippen LogP contribution < -0.4 is 0 Å². The number of hydrogen-bond acceptors (Lipinski definition) is 4. The quantitative estimate of drug-likeness (QED) is 0.619. The monoisotopic (exact) mass is 269 g/mol. The van der Waals surface area contributed by atoms with E-state index < -0.39 is 4.92 Å². The number of benzene rings is 1. The average Bonchev–Trinajstić information content (AvgIpc) is 2.29. The summed E-state index contributed by atoms with van der Waals surface area (Å²) < 4.78 is 0. The van der Waals surface area contributed by atoms with E-state index in [0.717, 1.165) is 0 Å². The van der Waals surface area contributed by atoms with Crippen LogP contribution in [0.2, 0.25) is 10.2 Å². The highest BCUT2D eigenvalue weighted by atomic mass is 35.5. The number of hydrogen-bond donors (Lipinski definition) is 0. The fraction of sp³-hybridized carbons (Fsp3) is 0. The van der Waals surface area contributed by atoms with Gasteiger partial charge in [0.2, 0.25) is 0 Å². The first-order valence-electron chi connectivity index (χ1n) is 4.51. The topological polar surface area (TPSA) is 68.9 Å². The van der Waals surface area contributed by atoms with Crippen LogP contribution in [0, 0.1) is 10.1 Å². The highest BCUT2D eigenvalue weighted by molar-refractivity contribution is 6.38. The van der Waals surface area contributed by atoms with Crippen molar-refractivity contribution in [3.05, 3.63) is 50.8 Å². The average molecular weight is 270 g/mol. The van der Waals surface area contributed by atoms with Crippen LogP contribution in [0.3, 0.4) is 0 Å². The van der Waals surface area contributed by atoms with Crippen LogP contribution in [0.4, 0.5) is 5.69 Å². The maximum atomic E-state index is 10.7. The largest absolute Gasteiger partial charge is 0.270 e. The first kappa shape index (κ1) is 11.8. The number of halogens is 2. The van der Waals surface area contributed by atoms with Crippen molar-refractivity contribution in [2.75, 3.05) is 0 Å². The Balaban J connectivity index is 2.61. The summed E-state index contributed by atoms with van der Waals surface area (Å²) in [5, 5.41) is 18.3. The Bertz CT molecular complexity index is 569. The molecule has 0 aliphatic heterocycles. The van der Waals surface area contributed by atoms with Gasteiger partial charge >= 0.3 is 0 Å². The Hall–Kier alpha value is -1.72. The van der Waals surface area contributed by atoms with E-state index >= 15 is 0 Å².